The maximum absolute atomic E-state index is 13.1. The van der Waals surface area contributed by atoms with Gasteiger partial charge in [-0.1, -0.05) is 54.6 Å². The van der Waals surface area contributed by atoms with E-state index in [0.717, 1.165) is 30.3 Å². The number of fused-ring (bicyclic) bond motifs is 2. The second kappa shape index (κ2) is 8.42. The molecule has 1 aromatic heterocycles. The average molecular weight is 424 g/mol. The van der Waals surface area contributed by atoms with Gasteiger partial charge in [-0.25, -0.2) is 4.98 Å². The van der Waals surface area contributed by atoms with Gasteiger partial charge in [0.2, 0.25) is 0 Å². The molecule has 0 spiro atoms. The van der Waals surface area contributed by atoms with Crippen LogP contribution in [-0.4, -0.2) is 15.5 Å². The topological polar surface area (TPSA) is 64.0 Å². The Balaban J connectivity index is 1.47. The lowest BCUT2D eigenvalue weighted by atomic mass is 9.87. The predicted molar refractivity (Wildman–Crippen MR) is 126 cm³/mol. The molecule has 3 aromatic carbocycles. The highest BCUT2D eigenvalue weighted by atomic mass is 16.1. The number of amides is 1. The lowest BCUT2D eigenvalue weighted by Gasteiger charge is -2.26. The van der Waals surface area contributed by atoms with Crippen LogP contribution in [0.1, 0.15) is 51.6 Å². The van der Waals surface area contributed by atoms with Crippen molar-refractivity contribution >= 4 is 16.9 Å². The molecule has 5 heteroatoms. The Morgan fingerprint density at radius 2 is 1.84 bits per heavy atom. The number of nitrogens with one attached hydrogen (secondary N) is 1. The SMILES string of the molecule is Cc1nc2cc(C(=O)N[C@@H]3CCCc4ccccc43)ccc2n(Cc2ccccc2)c1=O. The molecule has 1 N–H and O–H groups in total. The standard InChI is InChI=1S/C27H25N3O2/c1-18-27(32)30(17-19-8-3-2-4-9-19)25-15-14-21(16-24(25)28-18)26(31)29-23-13-7-11-20-10-5-6-12-22(20)23/h2-6,8-10,12,14-16,23H,7,11,13,17H2,1H3,(H,29,31)/t23-/m1/s1. The summed E-state index contributed by atoms with van der Waals surface area (Å²) in [4.78, 5) is 30.4. The van der Waals surface area contributed by atoms with E-state index in [2.05, 4.69) is 28.5 Å². The van der Waals surface area contributed by atoms with Gasteiger partial charge in [0.05, 0.1) is 23.6 Å². The van der Waals surface area contributed by atoms with Crippen molar-refractivity contribution in [3.05, 3.63) is 111 Å². The van der Waals surface area contributed by atoms with Gasteiger partial charge in [0, 0.05) is 5.56 Å². The second-order valence-electron chi connectivity index (χ2n) is 8.39. The van der Waals surface area contributed by atoms with Crippen LogP contribution in [-0.2, 0) is 13.0 Å². The van der Waals surface area contributed by atoms with E-state index in [-0.39, 0.29) is 17.5 Å². The van der Waals surface area contributed by atoms with Crippen molar-refractivity contribution in [2.24, 2.45) is 0 Å². The number of hydrogen-bond donors (Lipinski definition) is 1. The Hall–Kier alpha value is -3.73. The van der Waals surface area contributed by atoms with Crippen LogP contribution >= 0.6 is 0 Å². The van der Waals surface area contributed by atoms with Crippen LogP contribution in [0, 0.1) is 6.92 Å². The number of aromatic nitrogens is 2. The van der Waals surface area contributed by atoms with Gasteiger partial charge in [0.15, 0.2) is 0 Å². The number of aryl methyl sites for hydroxylation is 2. The van der Waals surface area contributed by atoms with Crippen LogP contribution in [0.2, 0.25) is 0 Å². The van der Waals surface area contributed by atoms with Crippen LogP contribution in [0.3, 0.4) is 0 Å². The van der Waals surface area contributed by atoms with Crippen LogP contribution in [0.25, 0.3) is 11.0 Å². The molecule has 1 aliphatic rings. The van der Waals surface area contributed by atoms with Gasteiger partial charge in [0.1, 0.15) is 5.69 Å². The van der Waals surface area contributed by atoms with Crippen LogP contribution < -0.4 is 10.9 Å². The minimum absolute atomic E-state index is 0.0184. The number of carbonyl (C=O) groups excluding carboxylic acids is 1. The van der Waals surface area contributed by atoms with Crippen molar-refractivity contribution in [3.8, 4) is 0 Å². The fraction of sp³-hybridized carbons (Fsp3) is 0.222. The highest BCUT2D eigenvalue weighted by Crippen LogP contribution is 2.29. The Morgan fingerprint density at radius 3 is 2.69 bits per heavy atom. The van der Waals surface area contributed by atoms with Gasteiger partial charge in [-0.15, -0.1) is 0 Å². The van der Waals surface area contributed by atoms with Crippen molar-refractivity contribution < 1.29 is 4.79 Å². The van der Waals surface area contributed by atoms with E-state index >= 15 is 0 Å². The van der Waals surface area contributed by atoms with Gasteiger partial charge in [-0.05, 0) is 61.1 Å². The molecule has 0 unspecified atom stereocenters. The number of hydrogen-bond acceptors (Lipinski definition) is 3. The fourth-order valence-corrected chi connectivity index (χ4v) is 4.58. The first-order valence-electron chi connectivity index (χ1n) is 11.0. The van der Waals surface area contributed by atoms with Gasteiger partial charge in [0.25, 0.3) is 11.5 Å². The highest BCUT2D eigenvalue weighted by Gasteiger charge is 2.22. The first kappa shape index (κ1) is 20.2. The van der Waals surface area contributed by atoms with Gasteiger partial charge in [-0.3, -0.25) is 9.59 Å². The van der Waals surface area contributed by atoms with Gasteiger partial charge in [-0.2, -0.15) is 0 Å². The lowest BCUT2D eigenvalue weighted by molar-refractivity contribution is 0.0933. The lowest BCUT2D eigenvalue weighted by Crippen LogP contribution is -2.31. The summed E-state index contributed by atoms with van der Waals surface area (Å²) < 4.78 is 1.73. The minimum Gasteiger partial charge on any atom is -0.345 e. The monoisotopic (exact) mass is 423 g/mol. The maximum atomic E-state index is 13.1. The summed E-state index contributed by atoms with van der Waals surface area (Å²) in [5.41, 5.74) is 5.79. The minimum atomic E-state index is -0.117. The van der Waals surface area contributed by atoms with Crippen molar-refractivity contribution in [1.82, 2.24) is 14.9 Å². The molecule has 4 aromatic rings. The smallest absolute Gasteiger partial charge is 0.272 e. The molecule has 5 nitrogen and oxygen atoms in total. The van der Waals surface area contributed by atoms with Crippen LogP contribution in [0.4, 0.5) is 0 Å². The first-order valence-corrected chi connectivity index (χ1v) is 11.0. The van der Waals surface area contributed by atoms with Crippen LogP contribution in [0.5, 0.6) is 0 Å². The fourth-order valence-electron chi connectivity index (χ4n) is 4.58. The molecule has 0 radical (unpaired) electrons. The molecule has 1 heterocycles. The Labute approximate surface area is 186 Å². The number of carbonyl (C=O) groups is 1. The van der Waals surface area contributed by atoms with Gasteiger partial charge >= 0.3 is 0 Å². The summed E-state index contributed by atoms with van der Waals surface area (Å²) in [6, 6.07) is 23.6. The predicted octanol–water partition coefficient (Wildman–Crippen LogP) is 4.56. The van der Waals surface area contributed by atoms with E-state index in [1.54, 1.807) is 23.6 Å². The van der Waals surface area contributed by atoms with Crippen LogP contribution in [0.15, 0.2) is 77.6 Å². The molecule has 0 fully saturated rings. The molecular formula is C27H25N3O2. The molecule has 5 rings (SSSR count). The second-order valence-corrected chi connectivity index (χ2v) is 8.39. The van der Waals surface area contributed by atoms with Crippen molar-refractivity contribution in [2.45, 2.75) is 38.8 Å². The summed E-state index contributed by atoms with van der Waals surface area (Å²) >= 11 is 0. The molecule has 160 valence electrons. The third kappa shape index (κ3) is 3.82. The Morgan fingerprint density at radius 1 is 1.06 bits per heavy atom. The molecule has 0 saturated heterocycles. The summed E-state index contributed by atoms with van der Waals surface area (Å²) in [7, 11) is 0. The van der Waals surface area contributed by atoms with E-state index in [1.165, 1.54) is 11.1 Å². The first-order chi connectivity index (χ1) is 15.6. The molecular weight excluding hydrogens is 398 g/mol. The third-order valence-corrected chi connectivity index (χ3v) is 6.23. The number of rotatable bonds is 4. The molecule has 1 aliphatic carbocycles. The Bertz CT molecular complexity index is 1360. The quantitative estimate of drug-likeness (QED) is 0.523. The molecule has 0 bridgehead atoms. The van der Waals surface area contributed by atoms with Crippen molar-refractivity contribution in [1.29, 1.82) is 0 Å². The van der Waals surface area contributed by atoms with E-state index in [4.69, 9.17) is 0 Å². The number of nitrogens with zero attached hydrogens (tertiary/aromatic N) is 2. The maximum Gasteiger partial charge on any atom is 0.272 e. The third-order valence-electron chi connectivity index (χ3n) is 6.23. The van der Waals surface area contributed by atoms with E-state index in [0.29, 0.717) is 23.3 Å². The number of benzene rings is 3. The van der Waals surface area contributed by atoms with E-state index in [9.17, 15) is 9.59 Å². The summed E-state index contributed by atoms with van der Waals surface area (Å²) in [6.45, 7) is 2.18. The summed E-state index contributed by atoms with van der Waals surface area (Å²) in [5, 5.41) is 3.20. The zero-order valence-corrected chi connectivity index (χ0v) is 18.0. The Kier molecular flexibility index (Phi) is 5.31. The average Bonchev–Trinajstić information content (AvgIpc) is 2.82. The zero-order valence-electron chi connectivity index (χ0n) is 18.0. The summed E-state index contributed by atoms with van der Waals surface area (Å²) in [5.74, 6) is -0.117. The van der Waals surface area contributed by atoms with E-state index in [1.807, 2.05) is 42.5 Å². The molecule has 1 atom stereocenters. The highest BCUT2D eigenvalue weighted by molar-refractivity contribution is 5.97. The molecule has 1 amide bonds. The normalized spacial score (nSPS) is 15.3. The molecule has 32 heavy (non-hydrogen) atoms. The summed E-state index contributed by atoms with van der Waals surface area (Å²) in [6.07, 6.45) is 3.05. The van der Waals surface area contributed by atoms with Crippen molar-refractivity contribution in [3.63, 3.8) is 0 Å². The van der Waals surface area contributed by atoms with Gasteiger partial charge < -0.3 is 9.88 Å². The largest absolute Gasteiger partial charge is 0.345 e. The zero-order chi connectivity index (χ0) is 22.1. The van der Waals surface area contributed by atoms with Crippen molar-refractivity contribution in [2.75, 3.05) is 0 Å². The van der Waals surface area contributed by atoms with E-state index < -0.39 is 0 Å². The molecule has 0 saturated carbocycles. The molecule has 0 aliphatic heterocycles.